The summed E-state index contributed by atoms with van der Waals surface area (Å²) in [5.41, 5.74) is 0.718. The van der Waals surface area contributed by atoms with Gasteiger partial charge in [-0.1, -0.05) is 57.2 Å². The Bertz CT molecular complexity index is 458. The van der Waals surface area contributed by atoms with Gasteiger partial charge in [-0.05, 0) is 24.5 Å². The van der Waals surface area contributed by atoms with E-state index < -0.39 is 10.1 Å². The van der Waals surface area contributed by atoms with E-state index in [9.17, 15) is 8.42 Å². The molecule has 0 aromatic heterocycles. The van der Waals surface area contributed by atoms with E-state index in [1.54, 1.807) is 18.2 Å². The molecule has 1 radical (unpaired) electrons. The van der Waals surface area contributed by atoms with Gasteiger partial charge in [-0.3, -0.25) is 4.55 Å². The Hall–Kier alpha value is 0.766. The zero-order chi connectivity index (χ0) is 13.4. The second kappa shape index (κ2) is 10.5. The Balaban J connectivity index is 0.00000324. The molecule has 0 heterocycles. The Morgan fingerprint density at radius 3 is 2.21 bits per heavy atom. The molecular formula is C14H22KO3S. The fourth-order valence-electron chi connectivity index (χ4n) is 2.06. The molecule has 0 saturated heterocycles. The molecule has 0 aliphatic rings. The van der Waals surface area contributed by atoms with Crippen LogP contribution in [0.25, 0.3) is 0 Å². The summed E-state index contributed by atoms with van der Waals surface area (Å²) in [4.78, 5) is 0.0542. The number of hydrogen-bond donors (Lipinski definition) is 1. The van der Waals surface area contributed by atoms with Crippen molar-refractivity contribution in [1.82, 2.24) is 0 Å². The maximum absolute atomic E-state index is 11.2. The molecule has 0 aliphatic carbocycles. The molecule has 0 spiro atoms. The van der Waals surface area contributed by atoms with Gasteiger partial charge in [-0.25, -0.2) is 0 Å². The molecule has 0 saturated carbocycles. The Morgan fingerprint density at radius 1 is 1.00 bits per heavy atom. The maximum atomic E-state index is 11.2. The molecule has 1 aromatic carbocycles. The molecule has 0 fully saturated rings. The van der Waals surface area contributed by atoms with Gasteiger partial charge in [0.1, 0.15) is 0 Å². The van der Waals surface area contributed by atoms with Crippen molar-refractivity contribution in [3.63, 3.8) is 0 Å². The summed E-state index contributed by atoms with van der Waals surface area (Å²) in [5, 5.41) is 0. The smallest absolute Gasteiger partial charge is 0.282 e. The third-order valence-electron chi connectivity index (χ3n) is 3.05. The molecule has 0 unspecified atom stereocenters. The van der Waals surface area contributed by atoms with Gasteiger partial charge in [0.05, 0.1) is 4.90 Å². The minimum Gasteiger partial charge on any atom is -0.282 e. The van der Waals surface area contributed by atoms with Crippen LogP contribution >= 0.6 is 0 Å². The largest absolute Gasteiger partial charge is 0.294 e. The molecule has 19 heavy (non-hydrogen) atoms. The van der Waals surface area contributed by atoms with Gasteiger partial charge in [0.2, 0.25) is 0 Å². The van der Waals surface area contributed by atoms with Crippen LogP contribution in [0, 0.1) is 0 Å². The quantitative estimate of drug-likeness (QED) is 0.454. The normalized spacial score (nSPS) is 11.1. The third kappa shape index (κ3) is 7.95. The van der Waals surface area contributed by atoms with Crippen LogP contribution in [0.1, 0.15) is 51.0 Å². The van der Waals surface area contributed by atoms with Gasteiger partial charge in [-0.2, -0.15) is 8.42 Å². The van der Waals surface area contributed by atoms with E-state index in [0.29, 0.717) is 6.42 Å². The van der Waals surface area contributed by atoms with Crippen LogP contribution in [-0.2, 0) is 16.5 Å². The van der Waals surface area contributed by atoms with Crippen molar-refractivity contribution in [2.24, 2.45) is 0 Å². The van der Waals surface area contributed by atoms with E-state index in [4.69, 9.17) is 4.55 Å². The van der Waals surface area contributed by atoms with E-state index in [1.165, 1.54) is 31.7 Å². The first-order valence-corrected chi connectivity index (χ1v) is 8.05. The zero-order valence-corrected chi connectivity index (χ0v) is 15.9. The van der Waals surface area contributed by atoms with Crippen LogP contribution in [0.4, 0.5) is 0 Å². The maximum Gasteiger partial charge on any atom is 0.294 e. The topological polar surface area (TPSA) is 54.4 Å². The van der Waals surface area contributed by atoms with Crippen LogP contribution in [-0.4, -0.2) is 64.4 Å². The van der Waals surface area contributed by atoms with E-state index in [1.807, 2.05) is 0 Å². The molecule has 1 rings (SSSR count). The molecule has 0 amide bonds. The summed E-state index contributed by atoms with van der Waals surface area (Å²) >= 11 is 0. The molecule has 5 heteroatoms. The summed E-state index contributed by atoms with van der Waals surface area (Å²) in [6, 6.07) is 6.67. The van der Waals surface area contributed by atoms with E-state index in [-0.39, 0.29) is 56.3 Å². The predicted molar refractivity (Wildman–Crippen MR) is 79.1 cm³/mol. The third-order valence-corrected chi connectivity index (χ3v) is 4.00. The summed E-state index contributed by atoms with van der Waals surface area (Å²) in [6.45, 7) is 2.18. The fraction of sp³-hybridized carbons (Fsp3) is 0.571. The van der Waals surface area contributed by atoms with Crippen molar-refractivity contribution < 1.29 is 13.0 Å². The first-order valence-electron chi connectivity index (χ1n) is 6.61. The minimum absolute atomic E-state index is 0. The summed E-state index contributed by atoms with van der Waals surface area (Å²) in [6.07, 6.45) is 7.73. The second-order valence-corrected chi connectivity index (χ2v) is 5.99. The first kappa shape index (κ1) is 19.8. The second-order valence-electron chi connectivity index (χ2n) is 4.60. The van der Waals surface area contributed by atoms with Gasteiger partial charge >= 0.3 is 0 Å². The van der Waals surface area contributed by atoms with Crippen LogP contribution < -0.4 is 0 Å². The molecule has 3 nitrogen and oxygen atoms in total. The van der Waals surface area contributed by atoms with Gasteiger partial charge < -0.3 is 0 Å². The summed E-state index contributed by atoms with van der Waals surface area (Å²) < 4.78 is 31.5. The van der Waals surface area contributed by atoms with Crippen molar-refractivity contribution in [3.8, 4) is 0 Å². The van der Waals surface area contributed by atoms with Gasteiger partial charge in [0.15, 0.2) is 0 Å². The molecular weight excluding hydrogens is 287 g/mol. The van der Waals surface area contributed by atoms with Crippen molar-refractivity contribution in [2.75, 3.05) is 0 Å². The van der Waals surface area contributed by atoms with Gasteiger partial charge in [0, 0.05) is 51.4 Å². The SMILES string of the molecule is CCCCCCCCc1ccccc1S(=O)(=O)O.[K]. The zero-order valence-electron chi connectivity index (χ0n) is 11.9. The molecule has 0 aliphatic heterocycles. The number of rotatable bonds is 8. The predicted octanol–water partition coefficient (Wildman–Crippen LogP) is 3.46. The number of aryl methyl sites for hydroxylation is 1. The van der Waals surface area contributed by atoms with Crippen molar-refractivity contribution in [1.29, 1.82) is 0 Å². The molecule has 0 atom stereocenters. The van der Waals surface area contributed by atoms with Crippen LogP contribution in [0.5, 0.6) is 0 Å². The number of unbranched alkanes of at least 4 members (excludes halogenated alkanes) is 5. The van der Waals surface area contributed by atoms with Gasteiger partial charge in [-0.15, -0.1) is 0 Å². The van der Waals surface area contributed by atoms with Crippen molar-refractivity contribution >= 4 is 61.5 Å². The first-order chi connectivity index (χ1) is 8.55. The fourth-order valence-corrected chi connectivity index (χ4v) is 2.81. The standard InChI is InChI=1S/C14H22O3S.K/c1-2-3-4-5-6-7-10-13-11-8-9-12-14(13)18(15,16)17;/h8-9,11-12H,2-7,10H2,1H3,(H,15,16,17);. The Labute approximate surface area is 159 Å². The Kier molecular flexibility index (Phi) is 10.9. The monoisotopic (exact) mass is 309 g/mol. The van der Waals surface area contributed by atoms with Crippen LogP contribution in [0.3, 0.4) is 0 Å². The molecule has 0 bridgehead atoms. The minimum atomic E-state index is -4.08. The van der Waals surface area contributed by atoms with Crippen LogP contribution in [0.15, 0.2) is 29.2 Å². The average molecular weight is 309 g/mol. The molecule has 103 valence electrons. The number of hydrogen-bond acceptors (Lipinski definition) is 2. The molecule has 1 N–H and O–H groups in total. The van der Waals surface area contributed by atoms with E-state index >= 15 is 0 Å². The van der Waals surface area contributed by atoms with E-state index in [2.05, 4.69) is 6.92 Å². The summed E-state index contributed by atoms with van der Waals surface area (Å²) in [5.74, 6) is 0. The van der Waals surface area contributed by atoms with Gasteiger partial charge in [0.25, 0.3) is 10.1 Å². The van der Waals surface area contributed by atoms with Crippen molar-refractivity contribution in [2.45, 2.75) is 56.8 Å². The van der Waals surface area contributed by atoms with Crippen LogP contribution in [0.2, 0.25) is 0 Å². The summed E-state index contributed by atoms with van der Waals surface area (Å²) in [7, 11) is -4.08. The van der Waals surface area contributed by atoms with E-state index in [0.717, 1.165) is 18.4 Å². The van der Waals surface area contributed by atoms with Crippen molar-refractivity contribution in [3.05, 3.63) is 29.8 Å². The number of benzene rings is 1. The average Bonchev–Trinajstić information content (AvgIpc) is 2.33. The Morgan fingerprint density at radius 2 is 1.58 bits per heavy atom. The molecule has 1 aromatic rings.